The van der Waals surface area contributed by atoms with Gasteiger partial charge in [0.15, 0.2) is 5.13 Å². The van der Waals surface area contributed by atoms with Crippen LogP contribution in [0.4, 0.5) is 5.13 Å². The second-order valence-electron chi connectivity index (χ2n) is 6.71. The van der Waals surface area contributed by atoms with E-state index in [-0.39, 0.29) is 5.91 Å². The van der Waals surface area contributed by atoms with Crippen LogP contribution in [0.25, 0.3) is 10.2 Å². The summed E-state index contributed by atoms with van der Waals surface area (Å²) >= 11 is 3.28. The highest BCUT2D eigenvalue weighted by Gasteiger charge is 2.20. The number of rotatable bonds is 6. The van der Waals surface area contributed by atoms with Crippen LogP contribution < -0.4 is 10.2 Å². The van der Waals surface area contributed by atoms with Gasteiger partial charge in [-0.3, -0.25) is 9.69 Å². The van der Waals surface area contributed by atoms with Crippen LogP contribution in [0.3, 0.4) is 0 Å². The molecule has 0 bridgehead atoms. The van der Waals surface area contributed by atoms with Crippen LogP contribution >= 0.6 is 22.7 Å². The van der Waals surface area contributed by atoms with E-state index < -0.39 is 0 Å². The lowest BCUT2D eigenvalue weighted by Crippen LogP contribution is -2.48. The zero-order chi connectivity index (χ0) is 18.6. The Morgan fingerprint density at radius 3 is 2.81 bits per heavy atom. The molecule has 1 amide bonds. The monoisotopic (exact) mass is 400 g/mol. The van der Waals surface area contributed by atoms with Gasteiger partial charge < -0.3 is 10.2 Å². The maximum Gasteiger partial charge on any atom is 0.261 e. The topological polar surface area (TPSA) is 48.5 Å². The molecule has 4 rings (SSSR count). The van der Waals surface area contributed by atoms with Crippen molar-refractivity contribution in [1.82, 2.24) is 15.2 Å². The largest absolute Gasteiger partial charge is 0.350 e. The first-order valence-corrected chi connectivity index (χ1v) is 11.1. The molecule has 1 saturated heterocycles. The Bertz CT molecular complexity index is 898. The van der Waals surface area contributed by atoms with Crippen LogP contribution in [0, 0.1) is 0 Å². The average molecular weight is 401 g/mol. The van der Waals surface area contributed by atoms with Gasteiger partial charge in [0.2, 0.25) is 0 Å². The molecular formula is C20H24N4OS2. The van der Waals surface area contributed by atoms with Gasteiger partial charge in [0.05, 0.1) is 15.1 Å². The number of thiophene rings is 1. The lowest BCUT2D eigenvalue weighted by atomic mass is 10.2. The van der Waals surface area contributed by atoms with Gasteiger partial charge in [-0.05, 0) is 35.6 Å². The van der Waals surface area contributed by atoms with E-state index in [0.29, 0.717) is 6.54 Å². The maximum atomic E-state index is 12.0. The van der Waals surface area contributed by atoms with Crippen LogP contribution in [0.2, 0.25) is 0 Å². The number of benzene rings is 1. The Hall–Kier alpha value is -1.96. The highest BCUT2D eigenvalue weighted by molar-refractivity contribution is 7.22. The normalized spacial score (nSPS) is 15.4. The molecule has 5 nitrogen and oxygen atoms in total. The summed E-state index contributed by atoms with van der Waals surface area (Å²) in [6, 6.07) is 10.3. The van der Waals surface area contributed by atoms with Crippen LogP contribution in [-0.2, 0) is 6.42 Å². The third-order valence-electron chi connectivity index (χ3n) is 4.95. The van der Waals surface area contributed by atoms with Crippen LogP contribution in [0.15, 0.2) is 35.7 Å². The number of aromatic nitrogens is 1. The Morgan fingerprint density at radius 1 is 1.22 bits per heavy atom. The summed E-state index contributed by atoms with van der Waals surface area (Å²) in [7, 11) is 0. The minimum Gasteiger partial charge on any atom is -0.350 e. The number of anilines is 1. The predicted octanol–water partition coefficient (Wildman–Crippen LogP) is 3.47. The molecule has 2 aromatic heterocycles. The van der Waals surface area contributed by atoms with E-state index in [1.165, 1.54) is 21.6 Å². The fourth-order valence-electron chi connectivity index (χ4n) is 3.30. The maximum absolute atomic E-state index is 12.0. The molecule has 0 spiro atoms. The predicted molar refractivity (Wildman–Crippen MR) is 114 cm³/mol. The Kier molecular flexibility index (Phi) is 5.71. The number of carbonyl (C=O) groups is 1. The van der Waals surface area contributed by atoms with E-state index in [2.05, 4.69) is 40.2 Å². The third-order valence-corrected chi connectivity index (χ3v) is 6.90. The second kappa shape index (κ2) is 8.37. The highest BCUT2D eigenvalue weighted by Crippen LogP contribution is 2.30. The Morgan fingerprint density at radius 2 is 2.07 bits per heavy atom. The van der Waals surface area contributed by atoms with E-state index in [1.54, 1.807) is 11.3 Å². The fraction of sp³-hybridized carbons (Fsp3) is 0.400. The molecule has 0 unspecified atom stereocenters. The molecule has 0 atom stereocenters. The quantitative estimate of drug-likeness (QED) is 0.688. The molecule has 1 aliphatic rings. The summed E-state index contributed by atoms with van der Waals surface area (Å²) in [6.45, 7) is 7.75. The van der Waals surface area contributed by atoms with Crippen molar-refractivity contribution in [1.29, 1.82) is 0 Å². The molecule has 0 radical (unpaired) electrons. The molecular weight excluding hydrogens is 376 g/mol. The Balaban J connectivity index is 1.27. The summed E-state index contributed by atoms with van der Waals surface area (Å²) in [4.78, 5) is 22.4. The standard InChI is InChI=1S/C20H24N4OS2/c1-2-15-5-6-16-18(14-15)27-20(22-16)24-11-9-23(10-12-24)8-7-21-19(25)17-4-3-13-26-17/h3-6,13-14H,2,7-12H2,1H3,(H,21,25). The number of aryl methyl sites for hydroxylation is 1. The number of amides is 1. The molecule has 1 fully saturated rings. The second-order valence-corrected chi connectivity index (χ2v) is 8.67. The molecule has 3 aromatic rings. The van der Waals surface area contributed by atoms with Crippen molar-refractivity contribution < 1.29 is 4.79 Å². The minimum atomic E-state index is 0.0320. The lowest BCUT2D eigenvalue weighted by Gasteiger charge is -2.34. The molecule has 142 valence electrons. The zero-order valence-electron chi connectivity index (χ0n) is 15.5. The summed E-state index contributed by atoms with van der Waals surface area (Å²) in [6.07, 6.45) is 1.06. The number of nitrogens with zero attached hydrogens (tertiary/aromatic N) is 3. The number of hydrogen-bond acceptors (Lipinski definition) is 6. The number of carbonyl (C=O) groups excluding carboxylic acids is 1. The summed E-state index contributed by atoms with van der Waals surface area (Å²) in [5, 5.41) is 6.07. The van der Waals surface area contributed by atoms with Gasteiger partial charge in [0, 0.05) is 39.3 Å². The van der Waals surface area contributed by atoms with E-state index in [1.807, 2.05) is 17.5 Å². The molecule has 3 heterocycles. The van der Waals surface area contributed by atoms with Gasteiger partial charge in [-0.15, -0.1) is 11.3 Å². The number of fused-ring (bicyclic) bond motifs is 1. The summed E-state index contributed by atoms with van der Waals surface area (Å²) < 4.78 is 1.28. The van der Waals surface area contributed by atoms with Crippen molar-refractivity contribution >= 4 is 43.9 Å². The first-order chi connectivity index (χ1) is 13.2. The van der Waals surface area contributed by atoms with Crippen molar-refractivity contribution in [2.75, 3.05) is 44.2 Å². The molecule has 1 aromatic carbocycles. The van der Waals surface area contributed by atoms with Gasteiger partial charge in [0.1, 0.15) is 0 Å². The highest BCUT2D eigenvalue weighted by atomic mass is 32.1. The number of piperazine rings is 1. The van der Waals surface area contributed by atoms with Crippen molar-refractivity contribution in [2.45, 2.75) is 13.3 Å². The van der Waals surface area contributed by atoms with Gasteiger partial charge in [-0.25, -0.2) is 4.98 Å². The van der Waals surface area contributed by atoms with Crippen molar-refractivity contribution in [2.24, 2.45) is 0 Å². The van der Waals surface area contributed by atoms with Crippen molar-refractivity contribution in [3.05, 3.63) is 46.2 Å². The summed E-state index contributed by atoms with van der Waals surface area (Å²) in [5.74, 6) is 0.0320. The van der Waals surface area contributed by atoms with Crippen LogP contribution in [0.5, 0.6) is 0 Å². The number of hydrogen-bond donors (Lipinski definition) is 1. The average Bonchev–Trinajstić information content (AvgIpc) is 3.37. The molecule has 7 heteroatoms. The van der Waals surface area contributed by atoms with Gasteiger partial charge in [-0.1, -0.05) is 30.4 Å². The molecule has 27 heavy (non-hydrogen) atoms. The van der Waals surface area contributed by atoms with E-state index in [9.17, 15) is 4.79 Å². The zero-order valence-corrected chi connectivity index (χ0v) is 17.1. The van der Waals surface area contributed by atoms with E-state index >= 15 is 0 Å². The van der Waals surface area contributed by atoms with Gasteiger partial charge in [0.25, 0.3) is 5.91 Å². The van der Waals surface area contributed by atoms with Crippen LogP contribution in [0.1, 0.15) is 22.2 Å². The Labute approximate surface area is 167 Å². The molecule has 1 N–H and O–H groups in total. The van der Waals surface area contributed by atoms with Gasteiger partial charge in [-0.2, -0.15) is 0 Å². The first kappa shape index (κ1) is 18.4. The molecule has 0 saturated carbocycles. The van der Waals surface area contributed by atoms with Crippen molar-refractivity contribution in [3.8, 4) is 0 Å². The minimum absolute atomic E-state index is 0.0320. The SMILES string of the molecule is CCc1ccc2nc(N3CCN(CCNC(=O)c4cccs4)CC3)sc2c1. The smallest absolute Gasteiger partial charge is 0.261 e. The molecule has 0 aliphatic carbocycles. The van der Waals surface area contributed by atoms with E-state index in [0.717, 1.165) is 54.7 Å². The molecule has 1 aliphatic heterocycles. The number of nitrogens with one attached hydrogen (secondary N) is 1. The van der Waals surface area contributed by atoms with E-state index in [4.69, 9.17) is 4.98 Å². The van der Waals surface area contributed by atoms with Crippen LogP contribution in [-0.4, -0.2) is 55.1 Å². The van der Waals surface area contributed by atoms with Gasteiger partial charge >= 0.3 is 0 Å². The third kappa shape index (κ3) is 4.31. The lowest BCUT2D eigenvalue weighted by molar-refractivity contribution is 0.0952. The number of thiazole rings is 1. The van der Waals surface area contributed by atoms with Crippen molar-refractivity contribution in [3.63, 3.8) is 0 Å². The first-order valence-electron chi connectivity index (χ1n) is 9.41. The fourth-order valence-corrected chi connectivity index (χ4v) is 5.02. The summed E-state index contributed by atoms with van der Waals surface area (Å²) in [5.41, 5.74) is 2.47.